The molecule has 0 aromatic rings. The molecule has 0 atom stereocenters. The second-order valence-electron chi connectivity index (χ2n) is 6.82. The van der Waals surface area contributed by atoms with Crippen LogP contribution < -0.4 is 0 Å². The van der Waals surface area contributed by atoms with E-state index in [1.807, 2.05) is 0 Å². The van der Waals surface area contributed by atoms with Crippen LogP contribution in [0.2, 0.25) is 0 Å². The third-order valence-corrected chi connectivity index (χ3v) is 4.52. The Bertz CT molecular complexity index is 143. The van der Waals surface area contributed by atoms with E-state index in [4.69, 9.17) is 0 Å². The maximum Gasteiger partial charge on any atom is -0.0386 e. The van der Waals surface area contributed by atoms with Crippen LogP contribution in [0.3, 0.4) is 0 Å². The van der Waals surface area contributed by atoms with Crippen LogP contribution in [-0.4, -0.2) is 0 Å². The van der Waals surface area contributed by atoms with E-state index in [0.717, 1.165) is 0 Å². The SMILES string of the molecule is CCCC[CH]CCCCCCCCCCCCCCCC. The Balaban J connectivity index is 2.90. The van der Waals surface area contributed by atoms with Gasteiger partial charge >= 0.3 is 0 Å². The molecule has 0 heterocycles. The zero-order valence-electron chi connectivity index (χ0n) is 15.3. The van der Waals surface area contributed by atoms with Crippen LogP contribution in [0.1, 0.15) is 129 Å². The van der Waals surface area contributed by atoms with Gasteiger partial charge in [0, 0.05) is 0 Å². The molecule has 0 fully saturated rings. The maximum absolute atomic E-state index is 2.50. The molecule has 0 nitrogen and oxygen atoms in total. The zero-order valence-corrected chi connectivity index (χ0v) is 15.3. The lowest BCUT2D eigenvalue weighted by atomic mass is 10.0. The summed E-state index contributed by atoms with van der Waals surface area (Å²) in [5, 5.41) is 0. The molecule has 0 amide bonds. The first-order valence-electron chi connectivity index (χ1n) is 10.2. The van der Waals surface area contributed by atoms with E-state index in [1.165, 1.54) is 116 Å². The molecule has 0 aromatic heterocycles. The Kier molecular flexibility index (Phi) is 20.0. The van der Waals surface area contributed by atoms with E-state index < -0.39 is 0 Å². The van der Waals surface area contributed by atoms with Gasteiger partial charge in [-0.05, 0) is 6.42 Å². The highest BCUT2D eigenvalue weighted by Crippen LogP contribution is 2.14. The minimum atomic E-state index is 1.34. The monoisotopic (exact) mass is 295 g/mol. The second-order valence-corrected chi connectivity index (χ2v) is 6.82. The molecule has 0 bridgehead atoms. The summed E-state index contributed by atoms with van der Waals surface area (Å²) < 4.78 is 0. The zero-order chi connectivity index (χ0) is 15.4. The fourth-order valence-electron chi connectivity index (χ4n) is 2.98. The van der Waals surface area contributed by atoms with Gasteiger partial charge in [-0.1, -0.05) is 129 Å². The topological polar surface area (TPSA) is 0 Å². The Morgan fingerprint density at radius 2 is 0.714 bits per heavy atom. The number of hydrogen-bond donors (Lipinski definition) is 0. The summed E-state index contributed by atoms with van der Waals surface area (Å²) in [7, 11) is 0. The van der Waals surface area contributed by atoms with E-state index in [-0.39, 0.29) is 0 Å². The Labute approximate surface area is 136 Å². The number of unbranched alkanes of at least 4 members (excludes halogenated alkanes) is 18. The van der Waals surface area contributed by atoms with E-state index in [9.17, 15) is 0 Å². The van der Waals surface area contributed by atoms with Gasteiger partial charge in [-0.3, -0.25) is 0 Å². The van der Waals surface area contributed by atoms with Crippen LogP contribution in [0.15, 0.2) is 0 Å². The van der Waals surface area contributed by atoms with Gasteiger partial charge in [0.15, 0.2) is 0 Å². The van der Waals surface area contributed by atoms with Gasteiger partial charge in [0.25, 0.3) is 0 Å². The molecular formula is C21H43. The molecule has 0 aliphatic carbocycles. The third kappa shape index (κ3) is 20.0. The molecule has 0 aliphatic heterocycles. The molecule has 0 aliphatic rings. The first kappa shape index (κ1) is 21.0. The van der Waals surface area contributed by atoms with Crippen molar-refractivity contribution in [1.82, 2.24) is 0 Å². The van der Waals surface area contributed by atoms with Gasteiger partial charge < -0.3 is 0 Å². The van der Waals surface area contributed by atoms with Crippen LogP contribution in [0.5, 0.6) is 0 Å². The highest BCUT2D eigenvalue weighted by Gasteiger charge is 1.94. The van der Waals surface area contributed by atoms with E-state index in [2.05, 4.69) is 20.3 Å². The van der Waals surface area contributed by atoms with Gasteiger partial charge in [-0.25, -0.2) is 0 Å². The van der Waals surface area contributed by atoms with Crippen LogP contribution in [0.25, 0.3) is 0 Å². The average Bonchev–Trinajstić information content (AvgIpc) is 2.50. The molecule has 0 saturated heterocycles. The highest BCUT2D eigenvalue weighted by molar-refractivity contribution is 4.63. The number of hydrogen-bond acceptors (Lipinski definition) is 0. The lowest BCUT2D eigenvalue weighted by Gasteiger charge is -2.03. The van der Waals surface area contributed by atoms with Crippen molar-refractivity contribution in [3.05, 3.63) is 6.42 Å². The summed E-state index contributed by atoms with van der Waals surface area (Å²) in [6, 6.07) is 0. The van der Waals surface area contributed by atoms with Crippen LogP contribution >= 0.6 is 0 Å². The van der Waals surface area contributed by atoms with Gasteiger partial charge in [0.1, 0.15) is 0 Å². The van der Waals surface area contributed by atoms with Crippen LogP contribution in [-0.2, 0) is 0 Å². The fourth-order valence-corrected chi connectivity index (χ4v) is 2.98. The van der Waals surface area contributed by atoms with Gasteiger partial charge in [0.2, 0.25) is 0 Å². The first-order valence-corrected chi connectivity index (χ1v) is 10.2. The predicted molar refractivity (Wildman–Crippen MR) is 98.8 cm³/mol. The van der Waals surface area contributed by atoms with Crippen molar-refractivity contribution in [3.63, 3.8) is 0 Å². The van der Waals surface area contributed by atoms with Crippen molar-refractivity contribution in [2.24, 2.45) is 0 Å². The normalized spacial score (nSPS) is 11.1. The molecule has 127 valence electrons. The third-order valence-electron chi connectivity index (χ3n) is 4.52. The quantitative estimate of drug-likeness (QED) is 0.223. The van der Waals surface area contributed by atoms with Crippen molar-refractivity contribution >= 4 is 0 Å². The summed E-state index contributed by atoms with van der Waals surface area (Å²) in [5.41, 5.74) is 0. The average molecular weight is 296 g/mol. The van der Waals surface area contributed by atoms with E-state index in [0.29, 0.717) is 0 Å². The van der Waals surface area contributed by atoms with Gasteiger partial charge in [0.05, 0.1) is 0 Å². The maximum atomic E-state index is 2.50. The minimum Gasteiger partial charge on any atom is -0.0654 e. The summed E-state index contributed by atoms with van der Waals surface area (Å²) in [4.78, 5) is 0. The molecule has 21 heavy (non-hydrogen) atoms. The molecule has 0 aromatic carbocycles. The molecule has 0 unspecified atom stereocenters. The first-order chi connectivity index (χ1) is 10.4. The Morgan fingerprint density at radius 1 is 0.381 bits per heavy atom. The molecule has 1 radical (unpaired) electrons. The summed E-state index contributed by atoms with van der Waals surface area (Å²) in [6.07, 6.45) is 28.4. The fraction of sp³-hybridized carbons (Fsp3) is 0.952. The standard InChI is InChI=1S/C21H43/c1-3-5-7-9-11-13-15-17-19-21-20-18-16-14-12-10-8-6-4-2/h9H,3-8,10-21H2,1-2H3. The predicted octanol–water partition coefficient (Wildman–Crippen LogP) is 8.25. The molecule has 0 saturated carbocycles. The molecular weight excluding hydrogens is 252 g/mol. The van der Waals surface area contributed by atoms with Crippen LogP contribution in [0.4, 0.5) is 0 Å². The summed E-state index contributed by atoms with van der Waals surface area (Å²) in [5.74, 6) is 0. The van der Waals surface area contributed by atoms with E-state index >= 15 is 0 Å². The van der Waals surface area contributed by atoms with Gasteiger partial charge in [-0.15, -0.1) is 0 Å². The van der Waals surface area contributed by atoms with Crippen molar-refractivity contribution in [2.45, 2.75) is 129 Å². The molecule has 0 spiro atoms. The smallest absolute Gasteiger partial charge is 0.0386 e. The molecule has 0 heteroatoms. The second kappa shape index (κ2) is 20.0. The highest BCUT2D eigenvalue weighted by atomic mass is 14.0. The van der Waals surface area contributed by atoms with Crippen LogP contribution in [0, 0.1) is 6.42 Å². The molecule has 0 rings (SSSR count). The summed E-state index contributed by atoms with van der Waals surface area (Å²) >= 11 is 0. The lowest BCUT2D eigenvalue weighted by molar-refractivity contribution is 0.534. The Morgan fingerprint density at radius 3 is 1.14 bits per heavy atom. The van der Waals surface area contributed by atoms with Crippen molar-refractivity contribution in [2.75, 3.05) is 0 Å². The number of rotatable bonds is 18. The van der Waals surface area contributed by atoms with Crippen molar-refractivity contribution in [3.8, 4) is 0 Å². The van der Waals surface area contributed by atoms with E-state index in [1.54, 1.807) is 0 Å². The van der Waals surface area contributed by atoms with Crippen molar-refractivity contribution < 1.29 is 0 Å². The Hall–Kier alpha value is 0. The summed E-state index contributed by atoms with van der Waals surface area (Å²) in [6.45, 7) is 4.57. The largest absolute Gasteiger partial charge is 0.0654 e. The van der Waals surface area contributed by atoms with Crippen molar-refractivity contribution in [1.29, 1.82) is 0 Å². The molecule has 0 N–H and O–H groups in total. The lowest BCUT2D eigenvalue weighted by Crippen LogP contribution is -1.84. The minimum absolute atomic E-state index is 1.34. The van der Waals surface area contributed by atoms with Gasteiger partial charge in [-0.2, -0.15) is 0 Å².